The third-order valence-electron chi connectivity index (χ3n) is 7.83. The van der Waals surface area contributed by atoms with Crippen LogP contribution in [0.15, 0.2) is 85.3 Å². The first-order valence-electron chi connectivity index (χ1n) is 15.1. The zero-order valence-electron chi connectivity index (χ0n) is 26.5. The summed E-state index contributed by atoms with van der Waals surface area (Å²) in [5, 5.41) is 16.1. The number of carboxylic acids is 1. The molecule has 3 aromatic heterocycles. The number of aromatic nitrogens is 4. The molecule has 0 radical (unpaired) electrons. The molecule has 0 spiro atoms. The number of hydrogen-bond donors (Lipinski definition) is 2. The van der Waals surface area contributed by atoms with E-state index in [1.54, 1.807) is 24.7 Å². The third kappa shape index (κ3) is 7.63. The van der Waals surface area contributed by atoms with Gasteiger partial charge in [0.1, 0.15) is 6.04 Å². The highest BCUT2D eigenvalue weighted by Crippen LogP contribution is 2.31. The fourth-order valence-corrected chi connectivity index (χ4v) is 6.07. The monoisotopic (exact) mass is 635 g/mol. The minimum Gasteiger partial charge on any atom is -0.480 e. The van der Waals surface area contributed by atoms with Crippen LogP contribution in [-0.4, -0.2) is 48.6 Å². The molecule has 46 heavy (non-hydrogen) atoms. The second-order valence-corrected chi connectivity index (χ2v) is 13.5. The number of nitrogens with one attached hydrogen (secondary N) is 1. The fourth-order valence-electron chi connectivity index (χ4n) is 5.06. The molecule has 0 saturated carbocycles. The predicted molar refractivity (Wildman–Crippen MR) is 180 cm³/mol. The van der Waals surface area contributed by atoms with Crippen molar-refractivity contribution in [2.24, 2.45) is 13.0 Å². The van der Waals surface area contributed by atoms with E-state index >= 15 is 0 Å². The number of Topliss-reactive ketones (excluding diaryl/α,β-unsaturated/α-hetero) is 1. The van der Waals surface area contributed by atoms with Crippen molar-refractivity contribution in [2.75, 3.05) is 0 Å². The van der Waals surface area contributed by atoms with Crippen molar-refractivity contribution < 1.29 is 19.5 Å². The highest BCUT2D eigenvalue weighted by atomic mass is 32.1. The SMILES string of the molecule is C[C@@H](NC(=O)[C@@H](CC(=O)c1ccc(C(C)(C)C)s1)Cc1ccc(-c2ncc(-c3ccc(-c4ccnn4C)cc3)cn2)cc1)C(=O)O. The van der Waals surface area contributed by atoms with Crippen LogP contribution >= 0.6 is 11.3 Å². The number of rotatable bonds is 11. The van der Waals surface area contributed by atoms with Gasteiger partial charge < -0.3 is 10.4 Å². The number of benzene rings is 2. The number of thiophene rings is 1. The summed E-state index contributed by atoms with van der Waals surface area (Å²) in [7, 11) is 1.91. The number of carbonyl (C=O) groups excluding carboxylic acids is 2. The van der Waals surface area contributed by atoms with Crippen LogP contribution in [0.3, 0.4) is 0 Å². The Morgan fingerprint density at radius 1 is 0.870 bits per heavy atom. The lowest BCUT2D eigenvalue weighted by Gasteiger charge is -2.18. The van der Waals surface area contributed by atoms with Crippen LogP contribution in [-0.2, 0) is 28.5 Å². The molecule has 236 valence electrons. The number of carbonyl (C=O) groups is 3. The van der Waals surface area contributed by atoms with Crippen LogP contribution in [0.25, 0.3) is 33.8 Å². The fraction of sp³-hybridized carbons (Fsp3) is 0.278. The first-order valence-corrected chi connectivity index (χ1v) is 15.9. The molecule has 5 rings (SSSR count). The second-order valence-electron chi connectivity index (χ2n) is 12.4. The molecule has 9 nitrogen and oxygen atoms in total. The minimum atomic E-state index is -1.14. The van der Waals surface area contributed by atoms with Gasteiger partial charge >= 0.3 is 5.97 Å². The van der Waals surface area contributed by atoms with Gasteiger partial charge in [-0.3, -0.25) is 19.1 Å². The van der Waals surface area contributed by atoms with Crippen LogP contribution in [0.5, 0.6) is 0 Å². The molecule has 10 heteroatoms. The maximum atomic E-state index is 13.3. The van der Waals surface area contributed by atoms with E-state index in [2.05, 4.69) is 41.2 Å². The first kappa shape index (κ1) is 32.4. The molecule has 0 unspecified atom stereocenters. The van der Waals surface area contributed by atoms with E-state index in [0.29, 0.717) is 10.7 Å². The summed E-state index contributed by atoms with van der Waals surface area (Å²) in [6, 6.07) is 20.4. The van der Waals surface area contributed by atoms with Gasteiger partial charge in [-0.25, -0.2) is 9.97 Å². The summed E-state index contributed by atoms with van der Waals surface area (Å²) in [5.74, 6) is -1.91. The Kier molecular flexibility index (Phi) is 9.57. The zero-order chi connectivity index (χ0) is 33.0. The number of ketones is 1. The molecule has 0 saturated heterocycles. The average molecular weight is 636 g/mol. The van der Waals surface area contributed by atoms with E-state index in [4.69, 9.17) is 0 Å². The van der Waals surface area contributed by atoms with Gasteiger partial charge in [0.15, 0.2) is 11.6 Å². The summed E-state index contributed by atoms with van der Waals surface area (Å²) in [4.78, 5) is 48.7. The van der Waals surface area contributed by atoms with Crippen molar-refractivity contribution in [1.82, 2.24) is 25.1 Å². The van der Waals surface area contributed by atoms with E-state index < -0.39 is 23.8 Å². The Labute approximate surface area is 272 Å². The molecular weight excluding hydrogens is 598 g/mol. The highest BCUT2D eigenvalue weighted by molar-refractivity contribution is 7.14. The van der Waals surface area contributed by atoms with Crippen molar-refractivity contribution in [3.63, 3.8) is 0 Å². The van der Waals surface area contributed by atoms with Crippen molar-refractivity contribution >= 4 is 29.0 Å². The van der Waals surface area contributed by atoms with E-state index in [1.165, 1.54) is 18.3 Å². The number of aliphatic carboxylic acids is 1. The summed E-state index contributed by atoms with van der Waals surface area (Å²) < 4.78 is 1.83. The quantitative estimate of drug-likeness (QED) is 0.157. The Bertz CT molecular complexity index is 1840. The first-order chi connectivity index (χ1) is 21.9. The van der Waals surface area contributed by atoms with Gasteiger partial charge in [0.2, 0.25) is 5.91 Å². The molecule has 0 fully saturated rings. The van der Waals surface area contributed by atoms with E-state index in [9.17, 15) is 19.5 Å². The number of carboxylic acid groups (broad SMARTS) is 1. The van der Waals surface area contributed by atoms with Crippen LogP contribution in [0, 0.1) is 5.92 Å². The summed E-state index contributed by atoms with van der Waals surface area (Å²) in [6.07, 6.45) is 5.60. The maximum absolute atomic E-state index is 13.3. The molecule has 0 aliphatic carbocycles. The minimum absolute atomic E-state index is 0.0301. The molecule has 0 bridgehead atoms. The lowest BCUT2D eigenvalue weighted by atomic mass is 9.92. The smallest absolute Gasteiger partial charge is 0.325 e. The van der Waals surface area contributed by atoms with Gasteiger partial charge in [0, 0.05) is 54.0 Å². The predicted octanol–water partition coefficient (Wildman–Crippen LogP) is 6.59. The summed E-state index contributed by atoms with van der Waals surface area (Å²) in [6.45, 7) is 7.67. The molecule has 2 aromatic carbocycles. The molecule has 2 N–H and O–H groups in total. The topological polar surface area (TPSA) is 127 Å². The zero-order valence-corrected chi connectivity index (χ0v) is 27.3. The molecule has 0 aliphatic heterocycles. The maximum Gasteiger partial charge on any atom is 0.325 e. The number of aryl methyl sites for hydroxylation is 1. The summed E-state index contributed by atoms with van der Waals surface area (Å²) >= 11 is 1.43. The summed E-state index contributed by atoms with van der Waals surface area (Å²) in [5.41, 5.74) is 5.57. The number of nitrogens with zero attached hydrogens (tertiary/aromatic N) is 4. The number of amides is 1. The van der Waals surface area contributed by atoms with Gasteiger partial charge in [-0.15, -0.1) is 11.3 Å². The molecular formula is C36H37N5O4S. The van der Waals surface area contributed by atoms with Crippen LogP contribution in [0.1, 0.15) is 54.2 Å². The normalized spacial score (nSPS) is 12.8. The van der Waals surface area contributed by atoms with E-state index in [0.717, 1.165) is 38.4 Å². The molecule has 5 aromatic rings. The Morgan fingerprint density at radius 3 is 2.07 bits per heavy atom. The van der Waals surface area contributed by atoms with Crippen molar-refractivity contribution in [3.8, 4) is 33.8 Å². The Morgan fingerprint density at radius 2 is 1.50 bits per heavy atom. The van der Waals surface area contributed by atoms with Gasteiger partial charge in [0.05, 0.1) is 10.6 Å². The molecule has 0 aliphatic rings. The highest BCUT2D eigenvalue weighted by Gasteiger charge is 2.27. The van der Waals surface area contributed by atoms with Gasteiger partial charge in [-0.1, -0.05) is 69.3 Å². The Hall–Kier alpha value is -4.96. The van der Waals surface area contributed by atoms with Crippen LogP contribution in [0.2, 0.25) is 0 Å². The van der Waals surface area contributed by atoms with Gasteiger partial charge in [0.25, 0.3) is 0 Å². The lowest BCUT2D eigenvalue weighted by Crippen LogP contribution is -2.42. The standard InChI is InChI=1S/C36H37N5O4S/c1-22(35(44)45)40-34(43)27(19-30(42)31-14-15-32(46-31)36(2,3)4)18-23-6-8-26(9-7-23)33-37-20-28(21-38-33)24-10-12-25(13-11-24)29-16-17-39-41(29)5/h6-17,20-22,27H,18-19H2,1-5H3,(H,40,43)(H,44,45)/t22-,27-/m1/s1. The van der Waals surface area contributed by atoms with Crippen molar-refractivity contribution in [1.29, 1.82) is 0 Å². The average Bonchev–Trinajstić information content (AvgIpc) is 3.71. The number of hydrogen-bond acceptors (Lipinski definition) is 7. The third-order valence-corrected chi connectivity index (χ3v) is 9.38. The van der Waals surface area contributed by atoms with Crippen molar-refractivity contribution in [3.05, 3.63) is 101 Å². The molecule has 1 amide bonds. The van der Waals surface area contributed by atoms with Gasteiger partial charge in [-0.05, 0) is 53.6 Å². The molecule has 3 heterocycles. The van der Waals surface area contributed by atoms with E-state index in [1.807, 2.05) is 72.4 Å². The van der Waals surface area contributed by atoms with E-state index in [-0.39, 0.29) is 24.0 Å². The van der Waals surface area contributed by atoms with Crippen molar-refractivity contribution in [2.45, 2.75) is 52.0 Å². The Balaban J connectivity index is 1.28. The molecule has 2 atom stereocenters. The van der Waals surface area contributed by atoms with Gasteiger partial charge in [-0.2, -0.15) is 5.10 Å². The largest absolute Gasteiger partial charge is 0.480 e. The van der Waals surface area contributed by atoms with Crippen LogP contribution < -0.4 is 5.32 Å². The lowest BCUT2D eigenvalue weighted by molar-refractivity contribution is -0.141. The second kappa shape index (κ2) is 13.6. The van der Waals surface area contributed by atoms with Crippen LogP contribution in [0.4, 0.5) is 0 Å².